The molecule has 2 N–H and O–H groups in total. The molecule has 0 saturated carbocycles. The zero-order valence-corrected chi connectivity index (χ0v) is 19.6. The Morgan fingerprint density at radius 2 is 1.91 bits per heavy atom. The molecule has 0 aliphatic carbocycles. The molecule has 4 aromatic rings. The van der Waals surface area contributed by atoms with E-state index >= 15 is 0 Å². The zero-order chi connectivity index (χ0) is 24.9. The van der Waals surface area contributed by atoms with Gasteiger partial charge >= 0.3 is 5.97 Å². The number of carbonyl (C=O) groups excluding carboxylic acids is 1. The number of nitriles is 1. The highest BCUT2D eigenvalue weighted by Gasteiger charge is 2.31. The maximum atomic E-state index is 13.6. The molecule has 1 unspecified atom stereocenters. The van der Waals surface area contributed by atoms with Crippen LogP contribution in [-0.4, -0.2) is 5.97 Å². The van der Waals surface area contributed by atoms with E-state index in [1.807, 2.05) is 0 Å². The highest BCUT2D eigenvalue weighted by molar-refractivity contribution is 6.42. The van der Waals surface area contributed by atoms with E-state index in [9.17, 15) is 14.4 Å². The smallest absolute Gasteiger partial charge is 0.379 e. The Morgan fingerprint density at radius 1 is 1.11 bits per heavy atom. The number of aryl methyl sites for hydroxylation is 1. The molecular formula is C26H15Cl2FN2O4. The van der Waals surface area contributed by atoms with E-state index in [0.29, 0.717) is 43.5 Å². The zero-order valence-electron chi connectivity index (χ0n) is 18.1. The first-order valence-electron chi connectivity index (χ1n) is 10.3. The Balaban J connectivity index is 1.50. The third kappa shape index (κ3) is 3.97. The first kappa shape index (κ1) is 22.8. The number of ether oxygens (including phenoxy) is 2. The monoisotopic (exact) mass is 508 g/mol. The summed E-state index contributed by atoms with van der Waals surface area (Å²) in [7, 11) is 0. The molecule has 3 aromatic carbocycles. The predicted molar refractivity (Wildman–Crippen MR) is 128 cm³/mol. The summed E-state index contributed by atoms with van der Waals surface area (Å²) >= 11 is 12.2. The number of carbonyl (C=O) groups is 1. The highest BCUT2D eigenvalue weighted by atomic mass is 35.5. The van der Waals surface area contributed by atoms with Gasteiger partial charge in [0, 0.05) is 22.6 Å². The molecule has 174 valence electrons. The summed E-state index contributed by atoms with van der Waals surface area (Å²) in [5.74, 6) is -1.38. The molecule has 0 bridgehead atoms. The van der Waals surface area contributed by atoms with Crippen molar-refractivity contribution in [3.05, 3.63) is 104 Å². The third-order valence-electron chi connectivity index (χ3n) is 5.76. The van der Waals surface area contributed by atoms with Crippen LogP contribution in [0.5, 0.6) is 11.5 Å². The summed E-state index contributed by atoms with van der Waals surface area (Å²) in [6, 6.07) is 15.9. The van der Waals surface area contributed by atoms with Crippen molar-refractivity contribution in [3.8, 4) is 17.6 Å². The number of fused-ring (bicyclic) bond motifs is 2. The first-order valence-corrected chi connectivity index (χ1v) is 11.1. The van der Waals surface area contributed by atoms with E-state index < -0.39 is 17.7 Å². The lowest BCUT2D eigenvalue weighted by Gasteiger charge is -2.27. The van der Waals surface area contributed by atoms with E-state index in [2.05, 4.69) is 6.07 Å². The molecule has 0 saturated heterocycles. The van der Waals surface area contributed by atoms with Crippen molar-refractivity contribution in [3.63, 3.8) is 0 Å². The lowest BCUT2D eigenvalue weighted by molar-refractivity contribution is 0.0702. The number of benzene rings is 3. The summed E-state index contributed by atoms with van der Waals surface area (Å²) in [6.45, 7) is 1.65. The fourth-order valence-corrected chi connectivity index (χ4v) is 4.38. The molecule has 5 rings (SSSR count). The Hall–Kier alpha value is -3.99. The minimum atomic E-state index is -0.753. The van der Waals surface area contributed by atoms with Crippen LogP contribution in [0.3, 0.4) is 0 Å². The largest absolute Gasteiger partial charge is 0.449 e. The van der Waals surface area contributed by atoms with Crippen molar-refractivity contribution in [1.29, 1.82) is 5.26 Å². The lowest BCUT2D eigenvalue weighted by Crippen LogP contribution is -2.21. The van der Waals surface area contributed by atoms with E-state index in [1.165, 1.54) is 24.3 Å². The third-order valence-corrected chi connectivity index (χ3v) is 6.50. The molecule has 0 fully saturated rings. The second kappa shape index (κ2) is 8.66. The highest BCUT2D eigenvalue weighted by Crippen LogP contribution is 2.44. The summed E-state index contributed by atoms with van der Waals surface area (Å²) in [6.07, 6.45) is 0. The number of nitrogens with two attached hydrogens (primary N) is 1. The van der Waals surface area contributed by atoms with Crippen LogP contribution in [0.4, 0.5) is 4.39 Å². The number of rotatable bonds is 3. The molecule has 0 radical (unpaired) electrons. The summed E-state index contributed by atoms with van der Waals surface area (Å²) in [5.41, 5.74) is 8.41. The van der Waals surface area contributed by atoms with Crippen molar-refractivity contribution in [2.75, 3.05) is 0 Å². The van der Waals surface area contributed by atoms with Crippen molar-refractivity contribution in [2.24, 2.45) is 5.73 Å². The normalized spacial score (nSPS) is 14.9. The average molecular weight is 509 g/mol. The molecule has 0 spiro atoms. The number of hydrogen-bond donors (Lipinski definition) is 1. The van der Waals surface area contributed by atoms with Gasteiger partial charge in [0.15, 0.2) is 0 Å². The summed E-state index contributed by atoms with van der Waals surface area (Å²) in [4.78, 5) is 12.8. The van der Waals surface area contributed by atoms with Gasteiger partial charge in [0.2, 0.25) is 11.6 Å². The van der Waals surface area contributed by atoms with Crippen LogP contribution in [0.25, 0.3) is 11.0 Å². The van der Waals surface area contributed by atoms with Gasteiger partial charge in [0.25, 0.3) is 0 Å². The number of furan rings is 1. The minimum absolute atomic E-state index is 0.0379. The van der Waals surface area contributed by atoms with Crippen molar-refractivity contribution in [2.45, 2.75) is 12.8 Å². The molecular weight excluding hydrogens is 494 g/mol. The van der Waals surface area contributed by atoms with Crippen LogP contribution in [0.2, 0.25) is 10.0 Å². The van der Waals surface area contributed by atoms with Crippen LogP contribution in [0, 0.1) is 24.1 Å². The number of nitrogens with zero attached hydrogens (tertiary/aromatic N) is 1. The Morgan fingerprint density at radius 3 is 2.66 bits per heavy atom. The quantitative estimate of drug-likeness (QED) is 0.246. The second-order valence-electron chi connectivity index (χ2n) is 7.88. The summed E-state index contributed by atoms with van der Waals surface area (Å²) < 4.78 is 30.4. The van der Waals surface area contributed by atoms with Gasteiger partial charge in [-0.15, -0.1) is 0 Å². The van der Waals surface area contributed by atoms with Gasteiger partial charge in [0.05, 0.1) is 16.0 Å². The van der Waals surface area contributed by atoms with Crippen molar-refractivity contribution in [1.82, 2.24) is 0 Å². The van der Waals surface area contributed by atoms with Crippen LogP contribution < -0.4 is 15.2 Å². The van der Waals surface area contributed by atoms with Gasteiger partial charge in [-0.2, -0.15) is 5.26 Å². The molecule has 1 aromatic heterocycles. The second-order valence-corrected chi connectivity index (χ2v) is 8.70. The Kier molecular flexibility index (Phi) is 5.64. The maximum Gasteiger partial charge on any atom is 0.379 e. The number of esters is 1. The fourth-order valence-electron chi connectivity index (χ4n) is 4.08. The Bertz CT molecular complexity index is 1600. The van der Waals surface area contributed by atoms with Crippen LogP contribution >= 0.6 is 23.2 Å². The minimum Gasteiger partial charge on any atom is -0.449 e. The van der Waals surface area contributed by atoms with Gasteiger partial charge in [-0.25, -0.2) is 9.18 Å². The SMILES string of the molecule is Cc1c(C(=O)Oc2ccc3c(c2)OC(N)=C(C#N)C3c2ccc(Cl)c(Cl)c2)oc2ccc(F)cc12. The van der Waals surface area contributed by atoms with Gasteiger partial charge in [-0.3, -0.25) is 0 Å². The maximum absolute atomic E-state index is 13.6. The van der Waals surface area contributed by atoms with E-state index in [4.69, 9.17) is 42.8 Å². The molecule has 0 amide bonds. The van der Waals surface area contributed by atoms with Gasteiger partial charge in [-0.1, -0.05) is 35.3 Å². The average Bonchev–Trinajstić information content (AvgIpc) is 3.15. The van der Waals surface area contributed by atoms with Gasteiger partial charge in [0.1, 0.15) is 34.5 Å². The van der Waals surface area contributed by atoms with Crippen LogP contribution in [0.15, 0.2) is 70.5 Å². The standard InChI is InChI=1S/C26H15Cl2FN2O4/c1-12-17-9-14(29)3-7-21(17)34-24(12)26(32)33-15-4-5-16-22(10-15)35-25(31)18(11-30)23(16)13-2-6-19(27)20(28)8-13/h2-10,23H,31H2,1H3. The molecule has 35 heavy (non-hydrogen) atoms. The van der Waals surface area contributed by atoms with Crippen LogP contribution in [0.1, 0.15) is 33.2 Å². The number of halogens is 3. The molecule has 1 aliphatic rings. The molecule has 9 heteroatoms. The number of hydrogen-bond acceptors (Lipinski definition) is 6. The topological polar surface area (TPSA) is 98.5 Å². The van der Waals surface area contributed by atoms with E-state index in [-0.39, 0.29) is 23.0 Å². The lowest BCUT2D eigenvalue weighted by atomic mass is 9.83. The van der Waals surface area contributed by atoms with Crippen LogP contribution in [-0.2, 0) is 0 Å². The molecule has 2 heterocycles. The first-order chi connectivity index (χ1) is 16.8. The predicted octanol–water partition coefficient (Wildman–Crippen LogP) is 6.62. The molecule has 1 aliphatic heterocycles. The van der Waals surface area contributed by atoms with E-state index in [0.717, 1.165) is 0 Å². The molecule has 6 nitrogen and oxygen atoms in total. The number of allylic oxidation sites excluding steroid dienone is 1. The van der Waals surface area contributed by atoms with Crippen molar-refractivity contribution >= 4 is 40.1 Å². The van der Waals surface area contributed by atoms with Crippen molar-refractivity contribution < 1.29 is 23.1 Å². The fraction of sp³-hybridized carbons (Fsp3) is 0.0769. The molecule has 1 atom stereocenters. The Labute approximate surface area is 208 Å². The van der Waals surface area contributed by atoms with Gasteiger partial charge in [-0.05, 0) is 48.9 Å². The summed E-state index contributed by atoms with van der Waals surface area (Å²) in [5, 5.41) is 10.9. The van der Waals surface area contributed by atoms with E-state index in [1.54, 1.807) is 37.3 Å². The van der Waals surface area contributed by atoms with Gasteiger partial charge < -0.3 is 19.6 Å².